The lowest BCUT2D eigenvalue weighted by atomic mass is 10.1. The molecule has 1 aromatic carbocycles. The van der Waals surface area contributed by atoms with Crippen LogP contribution in [0.4, 0.5) is 13.2 Å². The van der Waals surface area contributed by atoms with Crippen LogP contribution in [0.1, 0.15) is 25.0 Å². The van der Waals surface area contributed by atoms with Gasteiger partial charge in [-0.25, -0.2) is 13.1 Å². The van der Waals surface area contributed by atoms with Gasteiger partial charge in [-0.2, -0.15) is 13.2 Å². The van der Waals surface area contributed by atoms with Gasteiger partial charge in [0.25, 0.3) is 0 Å². The molecular weight excluding hydrogens is 419 g/mol. The molecule has 1 fully saturated rings. The Morgan fingerprint density at radius 3 is 2.33 bits per heavy atom. The number of rotatable bonds is 6. The number of sulfonamides is 1. The smallest absolute Gasteiger partial charge is 0.354 e. The summed E-state index contributed by atoms with van der Waals surface area (Å²) in [5, 5.41) is 3.20. The van der Waals surface area contributed by atoms with Gasteiger partial charge in [-0.15, -0.1) is 0 Å². The molecule has 7 nitrogen and oxygen atoms in total. The lowest BCUT2D eigenvalue weighted by Crippen LogP contribution is -2.56. The van der Waals surface area contributed by atoms with Crippen LogP contribution in [0.2, 0.25) is 0 Å². The van der Waals surface area contributed by atoms with Gasteiger partial charge < -0.3 is 10.2 Å². The molecule has 2 N–H and O–H groups in total. The van der Waals surface area contributed by atoms with E-state index in [9.17, 15) is 21.6 Å². The van der Waals surface area contributed by atoms with Crippen molar-refractivity contribution in [3.63, 3.8) is 0 Å². The molecule has 0 amide bonds. The van der Waals surface area contributed by atoms with Gasteiger partial charge in [-0.1, -0.05) is 18.2 Å². The fraction of sp³-hybridized carbons (Fsp3) is 0.632. The molecular formula is C19H30F3N5O2S. The average Bonchev–Trinajstić information content (AvgIpc) is 2.61. The largest absolute Gasteiger partial charge is 0.416 e. The van der Waals surface area contributed by atoms with E-state index in [-0.39, 0.29) is 0 Å². The van der Waals surface area contributed by atoms with E-state index in [0.717, 1.165) is 12.3 Å². The first-order valence-corrected chi connectivity index (χ1v) is 11.5. The summed E-state index contributed by atoms with van der Waals surface area (Å²) >= 11 is 0. The maximum atomic E-state index is 12.9. The lowest BCUT2D eigenvalue weighted by molar-refractivity contribution is -0.137. The van der Waals surface area contributed by atoms with Crippen LogP contribution >= 0.6 is 0 Å². The Balaban J connectivity index is 1.88. The standard InChI is InChI=1S/C19H30F3N5O2S/c1-18(2,25-30(4,28)29)14-24-17(23-3)27-10-8-26(9-11-27)13-15-6-5-7-16(12-15)19(20,21)22/h5-7,12,25H,8-11,13-14H2,1-4H3,(H,23,24). The van der Waals surface area contributed by atoms with E-state index in [1.165, 1.54) is 12.1 Å². The molecule has 0 unspecified atom stereocenters. The second kappa shape index (κ2) is 9.52. The molecule has 1 aliphatic rings. The quantitative estimate of drug-likeness (QED) is 0.511. The van der Waals surface area contributed by atoms with Gasteiger partial charge in [0.1, 0.15) is 0 Å². The highest BCUT2D eigenvalue weighted by molar-refractivity contribution is 7.88. The van der Waals surface area contributed by atoms with Gasteiger partial charge in [-0.3, -0.25) is 9.89 Å². The summed E-state index contributed by atoms with van der Waals surface area (Å²) in [6.07, 6.45) is -3.22. The molecule has 0 bridgehead atoms. The third-order valence-corrected chi connectivity index (χ3v) is 5.62. The molecule has 1 saturated heterocycles. The van der Waals surface area contributed by atoms with Crippen molar-refractivity contribution < 1.29 is 21.6 Å². The molecule has 1 aliphatic heterocycles. The maximum Gasteiger partial charge on any atom is 0.416 e. The molecule has 170 valence electrons. The Morgan fingerprint density at radius 1 is 1.17 bits per heavy atom. The third-order valence-electron chi connectivity index (χ3n) is 4.69. The van der Waals surface area contributed by atoms with E-state index in [1.807, 2.05) is 0 Å². The van der Waals surface area contributed by atoms with Gasteiger partial charge in [0.2, 0.25) is 10.0 Å². The van der Waals surface area contributed by atoms with Crippen molar-refractivity contribution >= 4 is 16.0 Å². The highest BCUT2D eigenvalue weighted by atomic mass is 32.2. The number of hydrogen-bond donors (Lipinski definition) is 2. The molecule has 0 saturated carbocycles. The number of guanidine groups is 1. The Bertz CT molecular complexity index is 848. The first-order chi connectivity index (χ1) is 13.8. The number of halogens is 3. The normalized spacial score (nSPS) is 17.3. The Morgan fingerprint density at radius 2 is 1.80 bits per heavy atom. The van der Waals surface area contributed by atoms with E-state index < -0.39 is 27.3 Å². The minimum absolute atomic E-state index is 0.358. The number of alkyl halides is 3. The van der Waals surface area contributed by atoms with E-state index in [4.69, 9.17) is 0 Å². The van der Waals surface area contributed by atoms with Gasteiger partial charge >= 0.3 is 6.18 Å². The monoisotopic (exact) mass is 449 g/mol. The summed E-state index contributed by atoms with van der Waals surface area (Å²) < 4.78 is 64.2. The van der Waals surface area contributed by atoms with Gasteiger partial charge in [0, 0.05) is 51.9 Å². The van der Waals surface area contributed by atoms with Crippen LogP contribution in [0.15, 0.2) is 29.3 Å². The molecule has 0 aromatic heterocycles. The van der Waals surface area contributed by atoms with Gasteiger partial charge in [0.15, 0.2) is 5.96 Å². The molecule has 0 atom stereocenters. The molecule has 1 aromatic rings. The predicted octanol–water partition coefficient (Wildman–Crippen LogP) is 1.73. The first kappa shape index (κ1) is 24.4. The topological polar surface area (TPSA) is 77.0 Å². The second-order valence-electron chi connectivity index (χ2n) is 8.12. The summed E-state index contributed by atoms with van der Waals surface area (Å²) in [4.78, 5) is 8.43. The maximum absolute atomic E-state index is 12.9. The molecule has 11 heteroatoms. The molecule has 0 spiro atoms. The van der Waals surface area contributed by atoms with Crippen LogP contribution in [-0.4, -0.2) is 75.7 Å². The van der Waals surface area contributed by atoms with E-state index in [0.29, 0.717) is 50.8 Å². The van der Waals surface area contributed by atoms with E-state index in [1.54, 1.807) is 27.0 Å². The van der Waals surface area contributed by atoms with Crippen LogP contribution in [0.25, 0.3) is 0 Å². The Labute approximate surface area is 176 Å². The molecule has 30 heavy (non-hydrogen) atoms. The Kier molecular flexibility index (Phi) is 7.75. The Hall–Kier alpha value is -1.85. The number of hydrogen-bond acceptors (Lipinski definition) is 4. The van der Waals surface area contributed by atoms with Crippen LogP contribution in [0.3, 0.4) is 0 Å². The van der Waals surface area contributed by atoms with Crippen molar-refractivity contribution in [1.29, 1.82) is 0 Å². The molecule has 1 heterocycles. The summed E-state index contributed by atoms with van der Waals surface area (Å²) in [7, 11) is -1.67. The fourth-order valence-corrected chi connectivity index (χ4v) is 4.47. The highest BCUT2D eigenvalue weighted by Crippen LogP contribution is 2.29. The van der Waals surface area contributed by atoms with Crippen LogP contribution in [0.5, 0.6) is 0 Å². The van der Waals surface area contributed by atoms with Crippen molar-refractivity contribution in [3.8, 4) is 0 Å². The van der Waals surface area contributed by atoms with E-state index >= 15 is 0 Å². The molecule has 0 radical (unpaired) electrons. The minimum atomic E-state index is -4.34. The SMILES string of the molecule is CN=C(NCC(C)(C)NS(C)(=O)=O)N1CCN(Cc2cccc(C(F)(F)F)c2)CC1. The fourth-order valence-electron chi connectivity index (χ4n) is 3.39. The summed E-state index contributed by atoms with van der Waals surface area (Å²) in [5.74, 6) is 0.664. The van der Waals surface area contributed by atoms with Crippen LogP contribution in [-0.2, 0) is 22.7 Å². The zero-order valence-electron chi connectivity index (χ0n) is 17.8. The van der Waals surface area contributed by atoms with E-state index in [2.05, 4.69) is 24.8 Å². The highest BCUT2D eigenvalue weighted by Gasteiger charge is 2.30. The zero-order valence-corrected chi connectivity index (χ0v) is 18.6. The zero-order chi connectivity index (χ0) is 22.6. The number of nitrogens with one attached hydrogen (secondary N) is 2. The van der Waals surface area contributed by atoms with Crippen molar-refractivity contribution in [2.45, 2.75) is 32.1 Å². The number of nitrogens with zero attached hydrogens (tertiary/aromatic N) is 3. The second-order valence-corrected chi connectivity index (χ2v) is 9.87. The van der Waals surface area contributed by atoms with Gasteiger partial charge in [-0.05, 0) is 25.5 Å². The van der Waals surface area contributed by atoms with Crippen LogP contribution in [0, 0.1) is 0 Å². The molecule has 2 rings (SSSR count). The summed E-state index contributed by atoms with van der Waals surface area (Å²) in [6, 6.07) is 5.42. The first-order valence-electron chi connectivity index (χ1n) is 9.62. The average molecular weight is 450 g/mol. The van der Waals surface area contributed by atoms with Crippen molar-refractivity contribution in [1.82, 2.24) is 19.8 Å². The summed E-state index contributed by atoms with van der Waals surface area (Å²) in [5.41, 5.74) is -0.683. The minimum Gasteiger partial charge on any atom is -0.354 e. The molecule has 0 aliphatic carbocycles. The summed E-state index contributed by atoms with van der Waals surface area (Å²) in [6.45, 7) is 7.07. The lowest BCUT2D eigenvalue weighted by Gasteiger charge is -2.37. The predicted molar refractivity (Wildman–Crippen MR) is 112 cm³/mol. The number of aliphatic imine (C=N–C) groups is 1. The van der Waals surface area contributed by atoms with Gasteiger partial charge in [0.05, 0.1) is 11.8 Å². The third kappa shape index (κ3) is 7.77. The van der Waals surface area contributed by atoms with Crippen molar-refractivity contribution in [2.75, 3.05) is 46.0 Å². The van der Waals surface area contributed by atoms with Crippen molar-refractivity contribution in [3.05, 3.63) is 35.4 Å². The van der Waals surface area contributed by atoms with Crippen LogP contribution < -0.4 is 10.0 Å². The number of benzene rings is 1. The number of piperazine rings is 1. The van der Waals surface area contributed by atoms with Crippen molar-refractivity contribution in [2.24, 2.45) is 4.99 Å².